The number of aromatic nitrogens is 1. The van der Waals surface area contributed by atoms with Crippen molar-refractivity contribution in [2.45, 2.75) is 39.8 Å². The molecule has 190 valence electrons. The van der Waals surface area contributed by atoms with Gasteiger partial charge in [-0.15, -0.1) is 0 Å². The number of hydrogen-bond acceptors (Lipinski definition) is 2. The Hall–Kier alpha value is -4.12. The first-order valence-electron chi connectivity index (χ1n) is 12.8. The molecule has 0 fully saturated rings. The molecule has 0 unspecified atom stereocenters. The standard InChI is InChI=1S/C32H35N3O2/c1-24(2)35(31(36)18-17-26-9-5-4-6-10-26)23-32(37)34(22-27-15-13-25(3)14-16-27)20-19-28-21-33-30-12-8-7-11-29(28)30/h4-18,21,24,33H,19-20,22-23H2,1-3H3. The molecule has 0 saturated heterocycles. The van der Waals surface area contributed by atoms with Gasteiger partial charge in [0, 0.05) is 42.3 Å². The van der Waals surface area contributed by atoms with Gasteiger partial charge in [0.25, 0.3) is 0 Å². The molecule has 4 aromatic rings. The first-order chi connectivity index (χ1) is 17.9. The molecule has 5 nitrogen and oxygen atoms in total. The summed E-state index contributed by atoms with van der Waals surface area (Å²) in [6.45, 7) is 7.04. The van der Waals surface area contributed by atoms with Gasteiger partial charge < -0.3 is 14.8 Å². The average Bonchev–Trinajstić information content (AvgIpc) is 3.32. The number of amides is 2. The van der Waals surface area contributed by atoms with E-state index < -0.39 is 0 Å². The molecule has 0 aliphatic heterocycles. The normalized spacial score (nSPS) is 11.4. The van der Waals surface area contributed by atoms with Crippen LogP contribution in [0.1, 0.15) is 36.1 Å². The van der Waals surface area contributed by atoms with Gasteiger partial charge in [-0.25, -0.2) is 0 Å². The highest BCUT2D eigenvalue weighted by atomic mass is 16.2. The fraction of sp³-hybridized carbons (Fsp3) is 0.250. The van der Waals surface area contributed by atoms with Gasteiger partial charge in [-0.1, -0.05) is 78.4 Å². The van der Waals surface area contributed by atoms with Gasteiger partial charge >= 0.3 is 0 Å². The second kappa shape index (κ2) is 12.2. The first kappa shape index (κ1) is 26.0. The minimum atomic E-state index is -0.167. The number of rotatable bonds is 10. The van der Waals surface area contributed by atoms with E-state index >= 15 is 0 Å². The molecular formula is C32H35N3O2. The fourth-order valence-electron chi connectivity index (χ4n) is 4.39. The summed E-state index contributed by atoms with van der Waals surface area (Å²) in [5.74, 6) is -0.227. The zero-order chi connectivity index (χ0) is 26.2. The number of carbonyl (C=O) groups is 2. The largest absolute Gasteiger partial charge is 0.361 e. The maximum Gasteiger partial charge on any atom is 0.247 e. The van der Waals surface area contributed by atoms with E-state index in [1.165, 1.54) is 16.5 Å². The highest BCUT2D eigenvalue weighted by Gasteiger charge is 2.23. The van der Waals surface area contributed by atoms with Crippen molar-refractivity contribution < 1.29 is 9.59 Å². The number of aromatic amines is 1. The summed E-state index contributed by atoms with van der Waals surface area (Å²) >= 11 is 0. The van der Waals surface area contributed by atoms with Gasteiger partial charge in [-0.2, -0.15) is 0 Å². The van der Waals surface area contributed by atoms with E-state index in [0.717, 1.165) is 23.1 Å². The Kier molecular flexibility index (Phi) is 8.57. The van der Waals surface area contributed by atoms with Gasteiger partial charge in [-0.05, 0) is 56.0 Å². The molecule has 1 N–H and O–H groups in total. The number of benzene rings is 3. The second-order valence-electron chi connectivity index (χ2n) is 9.71. The third-order valence-corrected chi connectivity index (χ3v) is 6.60. The smallest absolute Gasteiger partial charge is 0.247 e. The molecule has 0 spiro atoms. The molecular weight excluding hydrogens is 458 g/mol. The lowest BCUT2D eigenvalue weighted by molar-refractivity contribution is -0.139. The molecule has 0 aliphatic rings. The first-order valence-corrected chi connectivity index (χ1v) is 12.8. The van der Waals surface area contributed by atoms with E-state index in [1.807, 2.05) is 67.4 Å². The molecule has 0 bridgehead atoms. The number of para-hydroxylation sites is 1. The quantitative estimate of drug-likeness (QED) is 0.276. The fourth-order valence-corrected chi connectivity index (χ4v) is 4.39. The van der Waals surface area contributed by atoms with Crippen LogP contribution in [-0.2, 0) is 22.6 Å². The van der Waals surface area contributed by atoms with Crippen molar-refractivity contribution in [2.24, 2.45) is 0 Å². The van der Waals surface area contributed by atoms with Crippen molar-refractivity contribution in [3.05, 3.63) is 113 Å². The van der Waals surface area contributed by atoms with Crippen LogP contribution >= 0.6 is 0 Å². The second-order valence-corrected chi connectivity index (χ2v) is 9.71. The van der Waals surface area contributed by atoms with E-state index in [-0.39, 0.29) is 24.4 Å². The molecule has 0 aliphatic carbocycles. The summed E-state index contributed by atoms with van der Waals surface area (Å²) in [6.07, 6.45) is 6.10. The van der Waals surface area contributed by atoms with Gasteiger partial charge in [0.1, 0.15) is 6.54 Å². The molecule has 5 heteroatoms. The van der Waals surface area contributed by atoms with Crippen LogP contribution in [-0.4, -0.2) is 45.7 Å². The summed E-state index contributed by atoms with van der Waals surface area (Å²) < 4.78 is 0. The highest BCUT2D eigenvalue weighted by molar-refractivity contribution is 5.94. The van der Waals surface area contributed by atoms with Crippen molar-refractivity contribution in [2.75, 3.05) is 13.1 Å². The minimum absolute atomic E-state index is 0.0371. The zero-order valence-corrected chi connectivity index (χ0v) is 21.9. The molecule has 2 amide bonds. The number of nitrogens with one attached hydrogen (secondary N) is 1. The summed E-state index contributed by atoms with van der Waals surface area (Å²) in [5.41, 5.74) is 5.48. The monoisotopic (exact) mass is 493 g/mol. The van der Waals surface area contributed by atoms with E-state index in [9.17, 15) is 9.59 Å². The highest BCUT2D eigenvalue weighted by Crippen LogP contribution is 2.19. The topological polar surface area (TPSA) is 56.4 Å². The Morgan fingerprint density at radius 3 is 2.35 bits per heavy atom. The summed E-state index contributed by atoms with van der Waals surface area (Å²) in [6, 6.07) is 26.1. The van der Waals surface area contributed by atoms with Gasteiger partial charge in [-0.3, -0.25) is 9.59 Å². The summed E-state index contributed by atoms with van der Waals surface area (Å²) in [5, 5.41) is 1.18. The summed E-state index contributed by atoms with van der Waals surface area (Å²) in [4.78, 5) is 33.5. The zero-order valence-electron chi connectivity index (χ0n) is 21.9. The van der Waals surface area contributed by atoms with E-state index in [0.29, 0.717) is 13.1 Å². The summed E-state index contributed by atoms with van der Waals surface area (Å²) in [7, 11) is 0. The van der Waals surface area contributed by atoms with E-state index in [2.05, 4.69) is 48.3 Å². The molecule has 3 aromatic carbocycles. The number of H-pyrrole nitrogens is 1. The molecule has 4 rings (SSSR count). The minimum Gasteiger partial charge on any atom is -0.361 e. The Morgan fingerprint density at radius 1 is 0.919 bits per heavy atom. The lowest BCUT2D eigenvalue weighted by Gasteiger charge is -2.29. The maximum atomic E-state index is 13.6. The van der Waals surface area contributed by atoms with E-state index in [1.54, 1.807) is 17.1 Å². The van der Waals surface area contributed by atoms with Crippen LogP contribution in [0.25, 0.3) is 17.0 Å². The third kappa shape index (κ3) is 6.98. The molecule has 1 heterocycles. The molecule has 1 aromatic heterocycles. The third-order valence-electron chi connectivity index (χ3n) is 6.60. The van der Waals surface area contributed by atoms with Crippen molar-refractivity contribution in [1.29, 1.82) is 0 Å². The molecule has 37 heavy (non-hydrogen) atoms. The molecule has 0 atom stereocenters. The molecule has 0 radical (unpaired) electrons. The molecule has 0 saturated carbocycles. The predicted molar refractivity (Wildman–Crippen MR) is 151 cm³/mol. The average molecular weight is 494 g/mol. The van der Waals surface area contributed by atoms with Gasteiger partial charge in [0.05, 0.1) is 0 Å². The van der Waals surface area contributed by atoms with Crippen molar-refractivity contribution in [3.8, 4) is 0 Å². The number of carbonyl (C=O) groups excluding carboxylic acids is 2. The Bertz CT molecular complexity index is 1350. The van der Waals surface area contributed by atoms with Crippen molar-refractivity contribution in [3.63, 3.8) is 0 Å². The Labute approximate surface area is 219 Å². The number of nitrogens with zero attached hydrogens (tertiary/aromatic N) is 2. The number of aryl methyl sites for hydroxylation is 1. The predicted octanol–water partition coefficient (Wildman–Crippen LogP) is 6.00. The van der Waals surface area contributed by atoms with E-state index in [4.69, 9.17) is 0 Å². The lowest BCUT2D eigenvalue weighted by Crippen LogP contribution is -2.45. The van der Waals surface area contributed by atoms with Crippen LogP contribution in [0.5, 0.6) is 0 Å². The Morgan fingerprint density at radius 2 is 1.62 bits per heavy atom. The number of fused-ring (bicyclic) bond motifs is 1. The SMILES string of the molecule is Cc1ccc(CN(CCc2c[nH]c3ccccc23)C(=O)CN(C(=O)C=Cc2ccccc2)C(C)C)cc1. The van der Waals surface area contributed by atoms with Gasteiger partial charge in [0.15, 0.2) is 0 Å². The van der Waals surface area contributed by atoms with Crippen molar-refractivity contribution in [1.82, 2.24) is 14.8 Å². The Balaban J connectivity index is 1.50. The van der Waals surface area contributed by atoms with Crippen LogP contribution in [0, 0.1) is 6.92 Å². The van der Waals surface area contributed by atoms with Gasteiger partial charge in [0.2, 0.25) is 11.8 Å². The number of hydrogen-bond donors (Lipinski definition) is 1. The van der Waals surface area contributed by atoms with Crippen LogP contribution in [0.2, 0.25) is 0 Å². The lowest BCUT2D eigenvalue weighted by atomic mass is 10.1. The van der Waals surface area contributed by atoms with Crippen molar-refractivity contribution >= 4 is 28.8 Å². The van der Waals surface area contributed by atoms with Crippen LogP contribution in [0.15, 0.2) is 91.1 Å². The van der Waals surface area contributed by atoms with Crippen LogP contribution < -0.4 is 0 Å². The van der Waals surface area contributed by atoms with Crippen LogP contribution in [0.3, 0.4) is 0 Å². The maximum absolute atomic E-state index is 13.6. The van der Waals surface area contributed by atoms with Crippen LogP contribution in [0.4, 0.5) is 0 Å².